The van der Waals surface area contributed by atoms with Gasteiger partial charge < -0.3 is 19.3 Å². The third kappa shape index (κ3) is 9.34. The molecule has 1 unspecified atom stereocenters. The number of carbonyl (C=O) groups excluding carboxylic acids is 1. The lowest BCUT2D eigenvalue weighted by molar-refractivity contribution is -0.140. The normalized spacial score (nSPS) is 14.4. The number of hydrogen-bond donors (Lipinski definition) is 3. The molecule has 1 aliphatic heterocycles. The van der Waals surface area contributed by atoms with E-state index in [0.29, 0.717) is 31.3 Å². The van der Waals surface area contributed by atoms with Gasteiger partial charge in [-0.15, -0.1) is 23.7 Å². The van der Waals surface area contributed by atoms with Crippen molar-refractivity contribution in [2.45, 2.75) is 25.8 Å². The number of nitrogens with one attached hydrogen (secondary N) is 1. The van der Waals surface area contributed by atoms with Crippen LogP contribution in [0.5, 0.6) is 5.75 Å². The van der Waals surface area contributed by atoms with Crippen LogP contribution in [0, 0.1) is 11.6 Å². The van der Waals surface area contributed by atoms with Crippen LogP contribution in [-0.2, 0) is 24.4 Å². The zero-order valence-electron chi connectivity index (χ0n) is 28.8. The molecule has 7 rings (SSSR count). The van der Waals surface area contributed by atoms with Gasteiger partial charge in [-0.25, -0.2) is 19.6 Å². The van der Waals surface area contributed by atoms with Crippen molar-refractivity contribution in [1.82, 2.24) is 30.4 Å². The molecule has 0 bridgehead atoms. The molecule has 1 fully saturated rings. The fraction of sp³-hybridized carbons (Fsp3) is 0.179. The van der Waals surface area contributed by atoms with Gasteiger partial charge in [0.2, 0.25) is 11.7 Å². The van der Waals surface area contributed by atoms with Crippen LogP contribution in [-0.4, -0.2) is 61.8 Å². The Morgan fingerprint density at radius 2 is 1.78 bits per heavy atom. The van der Waals surface area contributed by atoms with Crippen LogP contribution in [0.1, 0.15) is 27.6 Å². The number of piperazine rings is 1. The maximum Gasteiger partial charge on any atom is 0.278 e. The molecule has 0 aliphatic carbocycles. The number of thiazole rings is 1. The summed E-state index contributed by atoms with van der Waals surface area (Å²) in [6.45, 7) is 1.55. The first-order chi connectivity index (χ1) is 25.8. The van der Waals surface area contributed by atoms with Crippen LogP contribution in [0.3, 0.4) is 0 Å². The number of benzene rings is 4. The van der Waals surface area contributed by atoms with Crippen LogP contribution in [0.15, 0.2) is 113 Å². The zero-order chi connectivity index (χ0) is 36.7. The molecule has 0 spiro atoms. The van der Waals surface area contributed by atoms with Crippen molar-refractivity contribution >= 4 is 35.7 Å². The minimum Gasteiger partial charge on any atom is -0.489 e. The highest BCUT2D eigenvalue weighted by Crippen LogP contribution is 2.27. The molecule has 15 heteroatoms. The van der Waals surface area contributed by atoms with E-state index >= 15 is 0 Å². The number of rotatable bonds is 12. The van der Waals surface area contributed by atoms with E-state index in [9.17, 15) is 18.7 Å². The molecule has 0 saturated carbocycles. The van der Waals surface area contributed by atoms with Gasteiger partial charge in [0.1, 0.15) is 12.4 Å². The molecular weight excluding hydrogens is 736 g/mol. The largest absolute Gasteiger partial charge is 0.489 e. The van der Waals surface area contributed by atoms with Crippen LogP contribution in [0.25, 0.3) is 28.7 Å². The van der Waals surface area contributed by atoms with E-state index < -0.39 is 23.8 Å². The molecule has 11 nitrogen and oxygen atoms in total. The van der Waals surface area contributed by atoms with E-state index in [1.165, 1.54) is 11.6 Å². The van der Waals surface area contributed by atoms with Crippen molar-refractivity contribution < 1.29 is 27.9 Å². The molecule has 1 amide bonds. The third-order valence-corrected chi connectivity index (χ3v) is 9.57. The number of aliphatic hydroxyl groups excluding tert-OH is 1. The number of aromatic nitrogens is 3. The van der Waals surface area contributed by atoms with Crippen LogP contribution >= 0.6 is 23.7 Å². The third-order valence-electron chi connectivity index (χ3n) is 8.72. The van der Waals surface area contributed by atoms with E-state index in [4.69, 9.17) is 20.1 Å². The van der Waals surface area contributed by atoms with Crippen molar-refractivity contribution in [3.05, 3.63) is 147 Å². The smallest absolute Gasteiger partial charge is 0.278 e. The molecule has 6 aromatic rings. The van der Waals surface area contributed by atoms with Crippen molar-refractivity contribution in [2.24, 2.45) is 5.84 Å². The SMILES string of the molecule is Cl.NNC(=O)C(O)N1CCN(Cc2nc(-c3ccc(COc4ccc(F)c(F)c4)cc3)no2)C(=Cc2cccc(-c3csc(Cc4ccccc4)n3)c2)C1. The van der Waals surface area contributed by atoms with Crippen molar-refractivity contribution in [3.8, 4) is 28.4 Å². The van der Waals surface area contributed by atoms with Gasteiger partial charge in [-0.05, 0) is 41.0 Å². The van der Waals surface area contributed by atoms with Crippen LogP contribution in [0.2, 0.25) is 0 Å². The maximum absolute atomic E-state index is 13.5. The minimum absolute atomic E-state index is 0. The molecule has 54 heavy (non-hydrogen) atoms. The Morgan fingerprint density at radius 3 is 2.56 bits per heavy atom. The van der Waals surface area contributed by atoms with Crippen molar-refractivity contribution in [3.63, 3.8) is 0 Å². The number of nitrogens with two attached hydrogens (primary N) is 1. The number of hydrazine groups is 1. The second-order valence-corrected chi connectivity index (χ2v) is 13.3. The number of ether oxygens (including phenoxy) is 1. The van der Waals surface area contributed by atoms with E-state index in [0.717, 1.165) is 57.2 Å². The Labute approximate surface area is 320 Å². The van der Waals surface area contributed by atoms with Gasteiger partial charge in [0.15, 0.2) is 17.9 Å². The topological polar surface area (TPSA) is 143 Å². The fourth-order valence-electron chi connectivity index (χ4n) is 5.90. The predicted octanol–water partition coefficient (Wildman–Crippen LogP) is 6.20. The second kappa shape index (κ2) is 17.5. The summed E-state index contributed by atoms with van der Waals surface area (Å²) in [7, 11) is 0. The molecule has 0 radical (unpaired) electrons. The van der Waals surface area contributed by atoms with Crippen LogP contribution < -0.4 is 16.0 Å². The van der Waals surface area contributed by atoms with Gasteiger partial charge in [0, 0.05) is 54.3 Å². The summed E-state index contributed by atoms with van der Waals surface area (Å²) in [5.74, 6) is 3.72. The Hall–Kier alpha value is -5.51. The first-order valence-electron chi connectivity index (χ1n) is 16.8. The molecule has 4 N–H and O–H groups in total. The van der Waals surface area contributed by atoms with Crippen molar-refractivity contribution in [2.75, 3.05) is 19.6 Å². The summed E-state index contributed by atoms with van der Waals surface area (Å²) in [6, 6.07) is 29.0. The number of halogens is 3. The predicted molar refractivity (Wildman–Crippen MR) is 203 cm³/mol. The summed E-state index contributed by atoms with van der Waals surface area (Å²) >= 11 is 1.63. The maximum atomic E-state index is 13.5. The van der Waals surface area contributed by atoms with E-state index in [1.54, 1.807) is 16.2 Å². The van der Waals surface area contributed by atoms with Crippen molar-refractivity contribution in [1.29, 1.82) is 0 Å². The summed E-state index contributed by atoms with van der Waals surface area (Å²) in [6.07, 6.45) is 1.35. The number of nitrogens with zero attached hydrogens (tertiary/aromatic N) is 5. The van der Waals surface area contributed by atoms with Gasteiger partial charge in [0.05, 0.1) is 17.2 Å². The number of amides is 1. The zero-order valence-corrected chi connectivity index (χ0v) is 30.4. The van der Waals surface area contributed by atoms with Gasteiger partial charge in [-0.3, -0.25) is 15.1 Å². The Balaban J connectivity index is 0.00000497. The first kappa shape index (κ1) is 38.2. The quantitative estimate of drug-likeness (QED) is 0.0749. The molecule has 1 atom stereocenters. The molecule has 1 aliphatic rings. The molecule has 278 valence electrons. The second-order valence-electron chi connectivity index (χ2n) is 12.4. The first-order valence-corrected chi connectivity index (χ1v) is 17.7. The Kier molecular flexibility index (Phi) is 12.4. The lowest BCUT2D eigenvalue weighted by Crippen LogP contribution is -2.54. The molecule has 2 aromatic heterocycles. The highest BCUT2D eigenvalue weighted by molar-refractivity contribution is 7.10. The monoisotopic (exact) mass is 771 g/mol. The Bertz CT molecular complexity index is 2220. The van der Waals surface area contributed by atoms with E-state index in [2.05, 4.69) is 38.6 Å². The summed E-state index contributed by atoms with van der Waals surface area (Å²) in [4.78, 5) is 25.5. The highest BCUT2D eigenvalue weighted by Gasteiger charge is 2.30. The molecule has 1 saturated heterocycles. The number of carbonyl (C=O) groups is 1. The minimum atomic E-state index is -1.42. The molecule has 3 heterocycles. The van der Waals surface area contributed by atoms with E-state index in [1.807, 2.05) is 72.2 Å². The number of hydrogen-bond acceptors (Lipinski definition) is 11. The molecule has 4 aromatic carbocycles. The average molecular weight is 772 g/mol. The Morgan fingerprint density at radius 1 is 0.963 bits per heavy atom. The summed E-state index contributed by atoms with van der Waals surface area (Å²) < 4.78 is 38.0. The lowest BCUT2D eigenvalue weighted by Gasteiger charge is -2.39. The van der Waals surface area contributed by atoms with Gasteiger partial charge in [0.25, 0.3) is 5.91 Å². The standard InChI is InChI=1S/C39H35F2N7O4S.ClH/c40-32-14-13-31(20-33(32)41)51-23-26-9-11-28(12-10-26)37-44-35(52-46-37)22-47-15-16-48(39(50)38(49)45-42)21-30(47)18-27-7-4-8-29(17-27)34-24-53-36(43-34)19-25-5-2-1-3-6-25;/h1-14,17-18,20,24,39,50H,15-16,19,21-23,42H2,(H,45,49);1H. The van der Waals surface area contributed by atoms with Gasteiger partial charge in [-0.1, -0.05) is 78.0 Å². The number of aliphatic hydroxyl groups is 1. The lowest BCUT2D eigenvalue weighted by atomic mass is 10.1. The van der Waals surface area contributed by atoms with Gasteiger partial charge in [-0.2, -0.15) is 4.98 Å². The average Bonchev–Trinajstić information content (AvgIpc) is 3.86. The summed E-state index contributed by atoms with van der Waals surface area (Å²) in [5.41, 5.74) is 8.36. The summed E-state index contributed by atoms with van der Waals surface area (Å²) in [5, 5.41) is 17.9. The van der Waals surface area contributed by atoms with Crippen LogP contribution in [0.4, 0.5) is 8.78 Å². The highest BCUT2D eigenvalue weighted by atomic mass is 35.5. The fourth-order valence-corrected chi connectivity index (χ4v) is 6.74. The van der Waals surface area contributed by atoms with Gasteiger partial charge >= 0.3 is 0 Å². The molecular formula is C39H36ClF2N7O4S. The van der Waals surface area contributed by atoms with E-state index in [-0.39, 0.29) is 31.3 Å².